The summed E-state index contributed by atoms with van der Waals surface area (Å²) >= 11 is 1.60. The van der Waals surface area contributed by atoms with Crippen LogP contribution in [0.3, 0.4) is 0 Å². The van der Waals surface area contributed by atoms with Crippen molar-refractivity contribution in [2.75, 3.05) is 81.0 Å². The summed E-state index contributed by atoms with van der Waals surface area (Å²) in [6.07, 6.45) is 4.68. The lowest BCUT2D eigenvalue weighted by Gasteiger charge is -2.41. The van der Waals surface area contributed by atoms with Crippen molar-refractivity contribution in [1.82, 2.24) is 40.4 Å². The Morgan fingerprint density at radius 2 is 1.60 bits per heavy atom. The van der Waals surface area contributed by atoms with Gasteiger partial charge in [-0.15, -0.1) is 21.5 Å². The van der Waals surface area contributed by atoms with E-state index in [1.54, 1.807) is 34.4 Å². The highest BCUT2D eigenvalue weighted by atomic mass is 32.1. The summed E-state index contributed by atoms with van der Waals surface area (Å²) in [7, 11) is 0. The number of piperazine rings is 1. The molecule has 0 radical (unpaired) electrons. The van der Waals surface area contributed by atoms with Crippen molar-refractivity contribution in [2.24, 2.45) is 11.8 Å². The minimum atomic E-state index is -0.808. The van der Waals surface area contributed by atoms with Crippen molar-refractivity contribution in [3.63, 3.8) is 0 Å². The molecule has 5 aliphatic rings. The number of thiazole rings is 1. The maximum atomic E-state index is 14.4. The Hall–Kier alpha value is -6.35. The summed E-state index contributed by atoms with van der Waals surface area (Å²) < 4.78 is 18.3. The monoisotopic (exact) mass is 1050 g/mol. The highest BCUT2D eigenvalue weighted by Gasteiger charge is 2.44. The normalized spacial score (nSPS) is 22.8. The molecule has 400 valence electrons. The topological polar surface area (TPSA) is 229 Å². The van der Waals surface area contributed by atoms with Gasteiger partial charge in [-0.05, 0) is 80.7 Å². The molecule has 20 heteroatoms. The largest absolute Gasteiger partial charge is 0.507 e. The number of hydrogen-bond donors (Lipinski definition) is 4. The second-order valence-corrected chi connectivity index (χ2v) is 22.3. The van der Waals surface area contributed by atoms with Crippen molar-refractivity contribution >= 4 is 46.6 Å². The Labute approximate surface area is 442 Å². The molecular weight excluding hydrogens is 975 g/mol. The molecule has 1 aliphatic carbocycles. The number of aromatic hydroxyl groups is 1. The SMILES string of the molecule is Cc1ncsc1-c1ccc([C@H](C)NC(=O)[C@@H]2C[C@@H](O)CN2C(=O)[C@@H](c2cc(N3CCC(CN4CCC(O[C@H]5C[C@H](OC(=O)N6CCN(c7cc(-c8ccccc8O)nnc7N)CC6)C5)CC4)CC3)no2)C(C)C)cc1. The van der Waals surface area contributed by atoms with Crippen LogP contribution in [0.2, 0.25) is 0 Å². The van der Waals surface area contributed by atoms with Gasteiger partial charge < -0.3 is 59.8 Å². The third kappa shape index (κ3) is 11.9. The van der Waals surface area contributed by atoms with Gasteiger partial charge in [0.1, 0.15) is 23.8 Å². The first-order valence-corrected chi connectivity index (χ1v) is 27.6. The van der Waals surface area contributed by atoms with Crippen LogP contribution in [-0.4, -0.2) is 159 Å². The Bertz CT molecular complexity index is 2760. The number of nitrogens with two attached hydrogens (primary N) is 1. The molecule has 0 unspecified atom stereocenters. The van der Waals surface area contributed by atoms with Crippen LogP contribution in [-0.2, 0) is 19.1 Å². The number of carbonyl (C=O) groups is 3. The summed E-state index contributed by atoms with van der Waals surface area (Å²) in [5.74, 6) is 0.841. The fraction of sp³-hybridized carbons (Fsp3) is 0.545. The Morgan fingerprint density at radius 3 is 2.29 bits per heavy atom. The minimum Gasteiger partial charge on any atom is -0.507 e. The number of anilines is 3. The van der Waals surface area contributed by atoms with E-state index < -0.39 is 18.1 Å². The van der Waals surface area contributed by atoms with Gasteiger partial charge in [0.15, 0.2) is 17.4 Å². The number of nitrogen functional groups attached to an aromatic ring is 1. The minimum absolute atomic E-state index is 0.0773. The summed E-state index contributed by atoms with van der Waals surface area (Å²) in [6, 6.07) is 17.7. The quantitative estimate of drug-likeness (QED) is 0.0864. The molecule has 2 aromatic carbocycles. The first-order valence-electron chi connectivity index (χ1n) is 26.7. The average Bonchev–Trinajstić information content (AvgIpc) is 4.17. The van der Waals surface area contributed by atoms with E-state index in [0.717, 1.165) is 91.6 Å². The first-order chi connectivity index (χ1) is 36.2. The predicted octanol–water partition coefficient (Wildman–Crippen LogP) is 6.62. The van der Waals surface area contributed by atoms with Crippen molar-refractivity contribution < 1.29 is 38.6 Å². The van der Waals surface area contributed by atoms with Crippen LogP contribution in [0.1, 0.15) is 94.7 Å². The number of amides is 3. The molecule has 3 aromatic heterocycles. The highest BCUT2D eigenvalue weighted by molar-refractivity contribution is 7.13. The Morgan fingerprint density at radius 1 is 0.867 bits per heavy atom. The lowest BCUT2D eigenvalue weighted by molar-refractivity contribution is -0.141. The standard InChI is InChI=1S/C55H71N11O8S/c1-33(2)50(54(70)66-31-39(67)25-46(66)53(69)58-34(3)37-9-11-38(12-10-37)51-35(4)57-32-75-51)48-29-49(61-74-48)64-19-13-36(14-20-64)30-62-17-15-40(16-18-62)72-41-26-42(27-41)73-55(71)65-23-21-63(22-24-65)45-28-44(59-60-52(45)56)43-7-5-6-8-47(43)68/h5-12,28-29,32-34,36,39-42,46,50,67-68H,13-27,30-31H2,1-4H3,(H2,56,60)(H,58,69)/t34-,39+,41-,42-,46-,50+/m0/s1. The number of benzene rings is 2. The van der Waals surface area contributed by atoms with Gasteiger partial charge >= 0.3 is 6.09 Å². The fourth-order valence-corrected chi connectivity index (χ4v) is 12.2. The molecule has 7 heterocycles. The van der Waals surface area contributed by atoms with Gasteiger partial charge in [-0.2, -0.15) is 0 Å². The van der Waals surface area contributed by atoms with Crippen molar-refractivity contribution in [3.05, 3.63) is 83.2 Å². The number of rotatable bonds is 15. The number of aromatic nitrogens is 4. The van der Waals surface area contributed by atoms with Crippen molar-refractivity contribution in [1.29, 1.82) is 0 Å². The van der Waals surface area contributed by atoms with Gasteiger partial charge in [0.2, 0.25) is 11.8 Å². The molecule has 5 fully saturated rings. The fourth-order valence-electron chi connectivity index (χ4n) is 11.4. The second kappa shape index (κ2) is 22.9. The number of piperidine rings is 2. The summed E-state index contributed by atoms with van der Waals surface area (Å²) in [6.45, 7) is 14.8. The van der Waals surface area contributed by atoms with Gasteiger partial charge in [-0.1, -0.05) is 55.4 Å². The molecule has 4 aliphatic heterocycles. The van der Waals surface area contributed by atoms with Crippen LogP contribution in [0.25, 0.3) is 21.7 Å². The van der Waals surface area contributed by atoms with E-state index in [1.807, 2.05) is 75.7 Å². The number of likely N-dealkylation sites (tertiary alicyclic amines) is 2. The van der Waals surface area contributed by atoms with E-state index in [1.165, 1.54) is 4.90 Å². The zero-order valence-corrected chi connectivity index (χ0v) is 44.2. The molecule has 4 atom stereocenters. The third-order valence-electron chi connectivity index (χ3n) is 16.0. The molecular formula is C55H71N11O8S. The number of aliphatic hydroxyl groups excluding tert-OH is 1. The van der Waals surface area contributed by atoms with Crippen molar-refractivity contribution in [2.45, 2.75) is 115 Å². The zero-order chi connectivity index (χ0) is 52.3. The maximum Gasteiger partial charge on any atom is 0.410 e. The van der Waals surface area contributed by atoms with Crippen LogP contribution >= 0.6 is 11.3 Å². The molecule has 1 saturated carbocycles. The van der Waals surface area contributed by atoms with E-state index in [2.05, 4.69) is 40.4 Å². The average molecular weight is 1050 g/mol. The number of nitrogens with one attached hydrogen (secondary N) is 1. The highest BCUT2D eigenvalue weighted by Crippen LogP contribution is 2.37. The molecule has 0 bridgehead atoms. The van der Waals surface area contributed by atoms with Crippen LogP contribution in [0.5, 0.6) is 5.75 Å². The summed E-state index contributed by atoms with van der Waals surface area (Å²) in [4.78, 5) is 56.9. The van der Waals surface area contributed by atoms with E-state index >= 15 is 0 Å². The molecule has 10 rings (SSSR count). The number of β-amino-alcohol motifs (C(OH)–C–C–N with tert-alkyl or cyclic N) is 1. The van der Waals surface area contributed by atoms with Gasteiger partial charge in [-0.25, -0.2) is 9.78 Å². The number of aryl methyl sites for hydroxylation is 1. The van der Waals surface area contributed by atoms with Gasteiger partial charge in [-0.3, -0.25) is 9.59 Å². The zero-order valence-electron chi connectivity index (χ0n) is 43.4. The number of phenolic OH excluding ortho intramolecular Hbond substituents is 1. The van der Waals surface area contributed by atoms with E-state index in [0.29, 0.717) is 67.8 Å². The van der Waals surface area contributed by atoms with Crippen LogP contribution in [0, 0.1) is 18.8 Å². The van der Waals surface area contributed by atoms with Crippen LogP contribution in [0.4, 0.5) is 22.1 Å². The number of hydrogen-bond acceptors (Lipinski definition) is 17. The van der Waals surface area contributed by atoms with E-state index in [9.17, 15) is 24.6 Å². The predicted molar refractivity (Wildman–Crippen MR) is 285 cm³/mol. The molecule has 5 aromatic rings. The lowest BCUT2D eigenvalue weighted by Crippen LogP contribution is -2.51. The second-order valence-electron chi connectivity index (χ2n) is 21.5. The van der Waals surface area contributed by atoms with Gasteiger partial charge in [0.05, 0.1) is 51.8 Å². The molecule has 0 spiro atoms. The number of nitrogens with zero attached hydrogens (tertiary/aromatic N) is 9. The number of phenols is 1. The summed E-state index contributed by atoms with van der Waals surface area (Å²) in [5, 5.41) is 37.0. The van der Waals surface area contributed by atoms with Gasteiger partial charge in [0.25, 0.3) is 0 Å². The summed E-state index contributed by atoms with van der Waals surface area (Å²) in [5.41, 5.74) is 12.9. The van der Waals surface area contributed by atoms with E-state index in [4.69, 9.17) is 19.7 Å². The molecule has 5 N–H and O–H groups in total. The third-order valence-corrected chi connectivity index (χ3v) is 16.9. The Balaban J connectivity index is 0.624. The molecule has 4 saturated heterocycles. The van der Waals surface area contributed by atoms with Gasteiger partial charge in [0, 0.05) is 96.3 Å². The number of para-hydroxylation sites is 1. The van der Waals surface area contributed by atoms with Crippen LogP contribution < -0.4 is 20.9 Å². The smallest absolute Gasteiger partial charge is 0.410 e. The number of aliphatic hydroxyl groups is 1. The van der Waals surface area contributed by atoms with Crippen LogP contribution in [0.15, 0.2) is 70.7 Å². The van der Waals surface area contributed by atoms with E-state index in [-0.39, 0.29) is 66.9 Å². The number of ether oxygens (including phenoxy) is 2. The maximum absolute atomic E-state index is 14.4. The lowest BCUT2D eigenvalue weighted by atomic mass is 9.91. The molecule has 75 heavy (non-hydrogen) atoms. The molecule has 19 nitrogen and oxygen atoms in total. The molecule has 3 amide bonds. The number of carbonyl (C=O) groups excluding carboxylic acids is 3. The Kier molecular flexibility index (Phi) is 15.9. The first kappa shape index (κ1) is 52.1. The van der Waals surface area contributed by atoms with Crippen molar-refractivity contribution in [3.8, 4) is 27.4 Å².